The van der Waals surface area contributed by atoms with Crippen LogP contribution in [-0.2, 0) is 0 Å². The van der Waals surface area contributed by atoms with Crippen LogP contribution in [0.5, 0.6) is 0 Å². The number of pyridine rings is 2. The lowest BCUT2D eigenvalue weighted by Gasteiger charge is -2.10. The fraction of sp³-hybridized carbons (Fsp3) is 0.118. The van der Waals surface area contributed by atoms with Gasteiger partial charge in [0, 0.05) is 27.9 Å². The second kappa shape index (κ2) is 5.85. The van der Waals surface area contributed by atoms with Gasteiger partial charge in [0.05, 0.1) is 16.8 Å². The normalized spacial score (nSPS) is 10.7. The highest BCUT2D eigenvalue weighted by molar-refractivity contribution is 9.10. The third-order valence-electron chi connectivity index (χ3n) is 3.31. The van der Waals surface area contributed by atoms with Crippen LogP contribution in [0.25, 0.3) is 10.9 Å². The molecule has 3 rings (SSSR count). The van der Waals surface area contributed by atoms with Crippen molar-refractivity contribution in [2.75, 3.05) is 5.32 Å². The predicted molar refractivity (Wildman–Crippen MR) is 91.1 cm³/mol. The quantitative estimate of drug-likeness (QED) is 0.746. The van der Waals surface area contributed by atoms with Crippen molar-refractivity contribution < 1.29 is 4.79 Å². The number of carbonyl (C=O) groups is 1. The summed E-state index contributed by atoms with van der Waals surface area (Å²) in [7, 11) is 0. The van der Waals surface area contributed by atoms with Gasteiger partial charge in [0.1, 0.15) is 0 Å². The van der Waals surface area contributed by atoms with Crippen molar-refractivity contribution in [3.05, 3.63) is 64.0 Å². The van der Waals surface area contributed by atoms with Gasteiger partial charge in [-0.2, -0.15) is 0 Å². The van der Waals surface area contributed by atoms with Gasteiger partial charge in [-0.05, 0) is 54.0 Å². The molecular formula is C17H14BrN3O. The molecule has 0 spiro atoms. The zero-order chi connectivity index (χ0) is 15.7. The number of aryl methyl sites for hydroxylation is 2. The number of anilines is 1. The lowest BCUT2D eigenvalue weighted by Crippen LogP contribution is -2.13. The maximum atomic E-state index is 12.4. The van der Waals surface area contributed by atoms with Crippen molar-refractivity contribution in [3.8, 4) is 0 Å². The number of fused-ring (bicyclic) bond motifs is 1. The number of carbonyl (C=O) groups excluding carboxylic acids is 1. The monoisotopic (exact) mass is 355 g/mol. The summed E-state index contributed by atoms with van der Waals surface area (Å²) in [6, 6.07) is 9.62. The molecule has 0 aliphatic heterocycles. The number of hydrogen-bond acceptors (Lipinski definition) is 3. The van der Waals surface area contributed by atoms with Crippen molar-refractivity contribution in [3.63, 3.8) is 0 Å². The summed E-state index contributed by atoms with van der Waals surface area (Å²) in [5, 5.41) is 3.89. The second-order valence-corrected chi connectivity index (χ2v) is 6.09. The summed E-state index contributed by atoms with van der Waals surface area (Å²) >= 11 is 3.32. The van der Waals surface area contributed by atoms with Crippen molar-refractivity contribution in [2.24, 2.45) is 0 Å². The maximum Gasteiger partial charge on any atom is 0.257 e. The van der Waals surface area contributed by atoms with Crippen LogP contribution >= 0.6 is 15.9 Å². The summed E-state index contributed by atoms with van der Waals surface area (Å²) < 4.78 is 0.770. The highest BCUT2D eigenvalue weighted by Gasteiger charge is 2.11. The van der Waals surface area contributed by atoms with Crippen LogP contribution in [0.15, 0.2) is 47.2 Å². The average molecular weight is 356 g/mol. The lowest BCUT2D eigenvalue weighted by molar-refractivity contribution is 0.102. The van der Waals surface area contributed by atoms with E-state index in [0.717, 1.165) is 32.3 Å². The van der Waals surface area contributed by atoms with Crippen LogP contribution in [0.1, 0.15) is 21.6 Å². The van der Waals surface area contributed by atoms with Gasteiger partial charge in [-0.25, -0.2) is 0 Å². The molecule has 4 nitrogen and oxygen atoms in total. The molecular weight excluding hydrogens is 342 g/mol. The highest BCUT2D eigenvalue weighted by Crippen LogP contribution is 2.25. The Labute approximate surface area is 136 Å². The molecule has 3 aromatic rings. The van der Waals surface area contributed by atoms with E-state index in [0.29, 0.717) is 5.56 Å². The van der Waals surface area contributed by atoms with E-state index in [4.69, 9.17) is 0 Å². The Bertz CT molecular complexity index is 877. The number of nitrogens with one attached hydrogen (secondary N) is 1. The van der Waals surface area contributed by atoms with E-state index in [2.05, 4.69) is 31.2 Å². The molecule has 0 bridgehead atoms. The number of rotatable bonds is 2. The molecule has 1 aromatic carbocycles. The minimum Gasteiger partial charge on any atom is -0.321 e. The first-order chi connectivity index (χ1) is 10.5. The molecule has 0 fully saturated rings. The zero-order valence-electron chi connectivity index (χ0n) is 12.2. The number of hydrogen-bond donors (Lipinski definition) is 1. The van der Waals surface area contributed by atoms with E-state index in [9.17, 15) is 4.79 Å². The Hall–Kier alpha value is -2.27. The molecule has 1 amide bonds. The minimum atomic E-state index is -0.192. The van der Waals surface area contributed by atoms with Crippen molar-refractivity contribution in [1.29, 1.82) is 0 Å². The fourth-order valence-electron chi connectivity index (χ4n) is 2.31. The number of benzene rings is 1. The van der Waals surface area contributed by atoms with Crippen molar-refractivity contribution in [2.45, 2.75) is 13.8 Å². The van der Waals surface area contributed by atoms with E-state index in [1.807, 2.05) is 38.1 Å². The molecule has 0 saturated carbocycles. The van der Waals surface area contributed by atoms with Crippen LogP contribution in [0.4, 0.5) is 5.69 Å². The molecule has 110 valence electrons. The molecule has 2 aromatic heterocycles. The second-order valence-electron chi connectivity index (χ2n) is 5.18. The summed E-state index contributed by atoms with van der Waals surface area (Å²) in [6.45, 7) is 3.93. The van der Waals surface area contributed by atoms with Crippen LogP contribution in [0.3, 0.4) is 0 Å². The van der Waals surface area contributed by atoms with Gasteiger partial charge in [0.2, 0.25) is 0 Å². The SMILES string of the molecule is Cc1ccc2nc(C)cc(NC(=O)c3cncc(Br)c3)c2c1. The van der Waals surface area contributed by atoms with E-state index in [1.165, 1.54) is 0 Å². The van der Waals surface area contributed by atoms with Gasteiger partial charge in [-0.1, -0.05) is 11.6 Å². The van der Waals surface area contributed by atoms with Gasteiger partial charge in [-0.3, -0.25) is 14.8 Å². The molecule has 22 heavy (non-hydrogen) atoms. The first kappa shape index (κ1) is 14.7. The van der Waals surface area contributed by atoms with E-state index in [1.54, 1.807) is 18.5 Å². The fourth-order valence-corrected chi connectivity index (χ4v) is 2.67. The number of nitrogens with zero attached hydrogens (tertiary/aromatic N) is 2. The molecule has 0 unspecified atom stereocenters. The Kier molecular flexibility index (Phi) is 3.90. The van der Waals surface area contributed by atoms with Gasteiger partial charge < -0.3 is 5.32 Å². The van der Waals surface area contributed by atoms with Crippen LogP contribution in [-0.4, -0.2) is 15.9 Å². The van der Waals surface area contributed by atoms with Crippen molar-refractivity contribution in [1.82, 2.24) is 9.97 Å². The lowest BCUT2D eigenvalue weighted by atomic mass is 10.1. The number of amides is 1. The van der Waals surface area contributed by atoms with E-state index < -0.39 is 0 Å². The van der Waals surface area contributed by atoms with Gasteiger partial charge in [-0.15, -0.1) is 0 Å². The smallest absolute Gasteiger partial charge is 0.257 e. The van der Waals surface area contributed by atoms with Crippen LogP contribution in [0, 0.1) is 13.8 Å². The molecule has 0 atom stereocenters. The molecule has 1 N–H and O–H groups in total. The molecule has 0 saturated heterocycles. The highest BCUT2D eigenvalue weighted by atomic mass is 79.9. The first-order valence-corrected chi connectivity index (χ1v) is 7.62. The minimum absolute atomic E-state index is 0.192. The van der Waals surface area contributed by atoms with Crippen molar-refractivity contribution >= 4 is 38.4 Å². The number of halogens is 1. The molecule has 2 heterocycles. The van der Waals surface area contributed by atoms with E-state index >= 15 is 0 Å². The molecule has 0 aliphatic rings. The Morgan fingerprint density at radius 1 is 1.14 bits per heavy atom. The molecule has 5 heteroatoms. The predicted octanol–water partition coefficient (Wildman–Crippen LogP) is 4.26. The maximum absolute atomic E-state index is 12.4. The summed E-state index contributed by atoms with van der Waals surface area (Å²) in [5.74, 6) is -0.192. The Morgan fingerprint density at radius 3 is 2.73 bits per heavy atom. The van der Waals surface area contributed by atoms with Gasteiger partial charge in [0.25, 0.3) is 5.91 Å². The van der Waals surface area contributed by atoms with Crippen LogP contribution in [0.2, 0.25) is 0 Å². The molecule has 0 radical (unpaired) electrons. The largest absolute Gasteiger partial charge is 0.321 e. The Morgan fingerprint density at radius 2 is 1.95 bits per heavy atom. The van der Waals surface area contributed by atoms with E-state index in [-0.39, 0.29) is 5.91 Å². The Balaban J connectivity index is 2.03. The standard InChI is InChI=1S/C17H14BrN3O/c1-10-3-4-15-14(5-10)16(6-11(2)20-15)21-17(22)12-7-13(18)9-19-8-12/h3-9H,1-2H3,(H,20,21,22). The number of aromatic nitrogens is 2. The third-order valence-corrected chi connectivity index (χ3v) is 3.74. The van der Waals surface area contributed by atoms with Crippen LogP contribution < -0.4 is 5.32 Å². The third kappa shape index (κ3) is 2.99. The first-order valence-electron chi connectivity index (χ1n) is 6.83. The molecule has 0 aliphatic carbocycles. The average Bonchev–Trinajstić information content (AvgIpc) is 2.48. The summed E-state index contributed by atoms with van der Waals surface area (Å²) in [5.41, 5.74) is 4.12. The van der Waals surface area contributed by atoms with Gasteiger partial charge >= 0.3 is 0 Å². The summed E-state index contributed by atoms with van der Waals surface area (Å²) in [6.07, 6.45) is 3.19. The topological polar surface area (TPSA) is 54.9 Å². The van der Waals surface area contributed by atoms with Gasteiger partial charge in [0.15, 0.2) is 0 Å². The zero-order valence-corrected chi connectivity index (χ0v) is 13.8. The summed E-state index contributed by atoms with van der Waals surface area (Å²) in [4.78, 5) is 20.9.